The van der Waals surface area contributed by atoms with Crippen molar-refractivity contribution in [3.05, 3.63) is 48.0 Å². The monoisotopic (exact) mass is 591 g/mol. The summed E-state index contributed by atoms with van der Waals surface area (Å²) in [5, 5.41) is 2.28. The lowest BCUT2D eigenvalue weighted by Crippen LogP contribution is -2.56. The summed E-state index contributed by atoms with van der Waals surface area (Å²) in [7, 11) is 1.43. The molecule has 2 spiro atoms. The van der Waals surface area contributed by atoms with Gasteiger partial charge in [0.15, 0.2) is 23.4 Å². The Morgan fingerprint density at radius 2 is 1.51 bits per heavy atom. The number of esters is 1. The second-order valence-corrected chi connectivity index (χ2v) is 13.5. The zero-order chi connectivity index (χ0) is 29.7. The first kappa shape index (κ1) is 29.4. The summed E-state index contributed by atoms with van der Waals surface area (Å²) >= 11 is 0. The standard InChI is InChI=1S/C35H45NO7/c1-23(2)35(32(37)38-3,21-24-14-15-25-12-6-7-13-26(25)20-24)36-22-27-28-29(41-33(40-28)16-8-4-9-17-33)30-31(39-27)43-34(42-30)18-10-5-11-19-34/h6-7,12-15,20,22-23,27-31H,4-5,8-11,16-19,21H2,1-3H3/t27-,28+,29+,30-,31-,35+/m1/s1. The van der Waals surface area contributed by atoms with E-state index >= 15 is 0 Å². The van der Waals surface area contributed by atoms with Gasteiger partial charge in [0, 0.05) is 38.3 Å². The van der Waals surface area contributed by atoms with E-state index < -0.39 is 35.6 Å². The van der Waals surface area contributed by atoms with Crippen molar-refractivity contribution in [2.24, 2.45) is 10.9 Å². The average Bonchev–Trinajstić information content (AvgIpc) is 3.56. The Labute approximate surface area is 254 Å². The number of hydrogen-bond acceptors (Lipinski definition) is 8. The van der Waals surface area contributed by atoms with Gasteiger partial charge in [-0.15, -0.1) is 0 Å². The lowest BCUT2D eigenvalue weighted by Gasteiger charge is -2.37. The molecule has 5 fully saturated rings. The number of fused-ring (bicyclic) bond motifs is 4. The Hall–Kier alpha value is -2.36. The van der Waals surface area contributed by atoms with Gasteiger partial charge >= 0.3 is 5.97 Å². The van der Waals surface area contributed by atoms with Crippen LogP contribution >= 0.6 is 0 Å². The van der Waals surface area contributed by atoms with E-state index in [2.05, 4.69) is 30.3 Å². The molecular weight excluding hydrogens is 546 g/mol. The number of nitrogens with zero attached hydrogens (tertiary/aromatic N) is 1. The zero-order valence-electron chi connectivity index (χ0n) is 25.7. The fourth-order valence-electron chi connectivity index (χ4n) is 7.91. The molecule has 0 aromatic heterocycles. The molecule has 0 radical (unpaired) electrons. The molecule has 0 bridgehead atoms. The Kier molecular flexibility index (Phi) is 7.87. The van der Waals surface area contributed by atoms with Gasteiger partial charge in [-0.1, -0.05) is 69.2 Å². The van der Waals surface area contributed by atoms with Crippen LogP contribution in [0, 0.1) is 5.92 Å². The summed E-state index contributed by atoms with van der Waals surface area (Å²) in [6.45, 7) is 4.03. The molecule has 8 nitrogen and oxygen atoms in total. The largest absolute Gasteiger partial charge is 0.467 e. The van der Waals surface area contributed by atoms with Crippen molar-refractivity contribution in [1.82, 2.24) is 0 Å². The van der Waals surface area contributed by atoms with Gasteiger partial charge < -0.3 is 28.4 Å². The van der Waals surface area contributed by atoms with Gasteiger partial charge in [0.25, 0.3) is 0 Å². The molecule has 5 aliphatic rings. The van der Waals surface area contributed by atoms with E-state index in [0.29, 0.717) is 6.42 Å². The van der Waals surface area contributed by atoms with Crippen LogP contribution in [0.1, 0.15) is 83.6 Å². The van der Waals surface area contributed by atoms with E-state index in [4.69, 9.17) is 33.4 Å². The molecule has 6 atom stereocenters. The molecule has 0 unspecified atom stereocenters. The van der Waals surface area contributed by atoms with E-state index in [-0.39, 0.29) is 24.1 Å². The quantitative estimate of drug-likeness (QED) is 0.289. The SMILES string of the molecule is COC(=O)[C@@](Cc1ccc2ccccc2c1)(N=C[C@H]1O[C@@H]2OC3(CCCCC3)O[C@@H]2[C@H]2OC3(CCCCC3)O[C@H]21)C(C)C. The molecule has 3 aliphatic heterocycles. The van der Waals surface area contributed by atoms with E-state index in [0.717, 1.165) is 67.7 Å². The molecule has 2 aromatic carbocycles. The van der Waals surface area contributed by atoms with E-state index in [9.17, 15) is 4.79 Å². The Morgan fingerprint density at radius 3 is 2.19 bits per heavy atom. The molecule has 8 heteroatoms. The Morgan fingerprint density at radius 1 is 0.884 bits per heavy atom. The molecule has 232 valence electrons. The second-order valence-electron chi connectivity index (χ2n) is 13.5. The highest BCUT2D eigenvalue weighted by Crippen LogP contribution is 2.51. The molecule has 2 saturated carbocycles. The zero-order valence-corrected chi connectivity index (χ0v) is 25.7. The summed E-state index contributed by atoms with van der Waals surface area (Å²) < 4.78 is 38.8. The first-order valence-corrected chi connectivity index (χ1v) is 16.3. The van der Waals surface area contributed by atoms with Gasteiger partial charge in [-0.25, -0.2) is 4.79 Å². The maximum atomic E-state index is 13.6. The van der Waals surface area contributed by atoms with Crippen LogP contribution in [0.2, 0.25) is 0 Å². The number of carbonyl (C=O) groups is 1. The molecule has 2 aliphatic carbocycles. The normalized spacial score (nSPS) is 32.7. The van der Waals surface area contributed by atoms with E-state index in [1.54, 1.807) is 6.21 Å². The minimum Gasteiger partial charge on any atom is -0.467 e. The molecule has 0 amide bonds. The molecule has 7 rings (SSSR count). The van der Waals surface area contributed by atoms with Crippen LogP contribution in [0.25, 0.3) is 10.8 Å². The summed E-state index contributed by atoms with van der Waals surface area (Å²) in [4.78, 5) is 18.7. The highest BCUT2D eigenvalue weighted by atomic mass is 16.9. The van der Waals surface area contributed by atoms with Crippen molar-refractivity contribution < 1.29 is 33.2 Å². The number of ether oxygens (including phenoxy) is 6. The van der Waals surface area contributed by atoms with Gasteiger partial charge in [0.1, 0.15) is 24.4 Å². The molecule has 2 aromatic rings. The molecule has 3 heterocycles. The number of carbonyl (C=O) groups excluding carboxylic acids is 1. The van der Waals surface area contributed by atoms with E-state index in [1.165, 1.54) is 20.0 Å². The minimum atomic E-state index is -1.15. The van der Waals surface area contributed by atoms with Crippen molar-refractivity contribution in [1.29, 1.82) is 0 Å². The van der Waals surface area contributed by atoms with Gasteiger partial charge in [-0.2, -0.15) is 0 Å². The molecule has 3 saturated heterocycles. The average molecular weight is 592 g/mol. The van der Waals surface area contributed by atoms with Crippen molar-refractivity contribution >= 4 is 23.0 Å². The van der Waals surface area contributed by atoms with Crippen LogP contribution in [0.4, 0.5) is 0 Å². The number of aliphatic imine (C=N–C) groups is 1. The van der Waals surface area contributed by atoms with Crippen LogP contribution in [-0.2, 0) is 39.6 Å². The molecule has 43 heavy (non-hydrogen) atoms. The van der Waals surface area contributed by atoms with E-state index in [1.807, 2.05) is 26.0 Å². The second kappa shape index (κ2) is 11.5. The summed E-state index contributed by atoms with van der Waals surface area (Å²) in [5.74, 6) is -1.77. The molecule has 0 N–H and O–H groups in total. The number of rotatable bonds is 6. The van der Waals surface area contributed by atoms with Crippen LogP contribution in [0.15, 0.2) is 47.5 Å². The third-order valence-electron chi connectivity index (χ3n) is 10.4. The van der Waals surface area contributed by atoms with Crippen molar-refractivity contribution in [2.75, 3.05) is 7.11 Å². The summed E-state index contributed by atoms with van der Waals surface area (Å²) in [6.07, 6.45) is 10.0. The van der Waals surface area contributed by atoms with Gasteiger partial charge in [0.05, 0.1) is 7.11 Å². The van der Waals surface area contributed by atoms with Crippen molar-refractivity contribution in [3.63, 3.8) is 0 Å². The van der Waals surface area contributed by atoms with Crippen molar-refractivity contribution in [2.45, 2.75) is 132 Å². The third kappa shape index (κ3) is 5.33. The fourth-order valence-corrected chi connectivity index (χ4v) is 7.91. The third-order valence-corrected chi connectivity index (χ3v) is 10.4. The van der Waals surface area contributed by atoms with Crippen molar-refractivity contribution in [3.8, 4) is 0 Å². The minimum absolute atomic E-state index is 0.142. The fraction of sp³-hybridized carbons (Fsp3) is 0.657. The lowest BCUT2D eigenvalue weighted by molar-refractivity contribution is -0.240. The van der Waals surface area contributed by atoms with Crippen LogP contribution < -0.4 is 0 Å². The first-order chi connectivity index (χ1) is 20.8. The number of methoxy groups -OCH3 is 1. The maximum absolute atomic E-state index is 13.6. The number of benzene rings is 2. The predicted octanol–water partition coefficient (Wildman–Crippen LogP) is 6.27. The highest BCUT2D eigenvalue weighted by molar-refractivity contribution is 5.86. The van der Waals surface area contributed by atoms with Crippen LogP contribution in [-0.4, -0.2) is 67.1 Å². The summed E-state index contributed by atoms with van der Waals surface area (Å²) in [6, 6.07) is 14.5. The van der Waals surface area contributed by atoms with Gasteiger partial charge in [-0.3, -0.25) is 4.99 Å². The van der Waals surface area contributed by atoms with Crippen LogP contribution in [0.5, 0.6) is 0 Å². The first-order valence-electron chi connectivity index (χ1n) is 16.3. The summed E-state index contributed by atoms with van der Waals surface area (Å²) in [5.41, 5.74) is -0.127. The smallest absolute Gasteiger partial charge is 0.334 e. The van der Waals surface area contributed by atoms with Crippen LogP contribution in [0.3, 0.4) is 0 Å². The number of hydrogen-bond donors (Lipinski definition) is 0. The lowest BCUT2D eigenvalue weighted by atomic mass is 9.80. The predicted molar refractivity (Wildman–Crippen MR) is 162 cm³/mol. The Balaban J connectivity index is 1.21. The van der Waals surface area contributed by atoms with Gasteiger partial charge in [-0.05, 0) is 47.9 Å². The maximum Gasteiger partial charge on any atom is 0.334 e. The highest BCUT2D eigenvalue weighted by Gasteiger charge is 2.64. The Bertz CT molecular complexity index is 1350. The molecular formula is C35H45NO7. The van der Waals surface area contributed by atoms with Gasteiger partial charge in [0.2, 0.25) is 0 Å². The topological polar surface area (TPSA) is 84.8 Å².